The van der Waals surface area contributed by atoms with Crippen LogP contribution in [0.2, 0.25) is 0 Å². The molecule has 2 heterocycles. The predicted octanol–water partition coefficient (Wildman–Crippen LogP) is 0.879. The van der Waals surface area contributed by atoms with E-state index < -0.39 is 0 Å². The average Bonchev–Trinajstić information content (AvgIpc) is 2.81. The molecule has 3 amide bonds. The molecule has 0 spiro atoms. The van der Waals surface area contributed by atoms with Crippen molar-refractivity contribution in [2.75, 3.05) is 32.9 Å². The highest BCUT2D eigenvalue weighted by molar-refractivity contribution is 7.21. The number of aromatic nitrogens is 1. The van der Waals surface area contributed by atoms with Crippen LogP contribution in [-0.2, 0) is 0 Å². The van der Waals surface area contributed by atoms with Gasteiger partial charge in [-0.05, 0) is 6.07 Å². The molecule has 0 atom stereocenters. The minimum absolute atomic E-state index is 0.198. The van der Waals surface area contributed by atoms with Gasteiger partial charge in [0.05, 0.1) is 10.4 Å². The SMILES string of the molecule is CN(C)C(=O)NCCNC(=O)c1sc2cnccc2c1N. The quantitative estimate of drug-likeness (QED) is 0.730. The summed E-state index contributed by atoms with van der Waals surface area (Å²) >= 11 is 1.31. The molecule has 0 fully saturated rings. The molecule has 0 aliphatic carbocycles. The van der Waals surface area contributed by atoms with E-state index in [1.807, 2.05) is 0 Å². The van der Waals surface area contributed by atoms with Crippen LogP contribution in [-0.4, -0.2) is 49.0 Å². The molecule has 0 aromatic carbocycles. The van der Waals surface area contributed by atoms with Crippen molar-refractivity contribution in [1.82, 2.24) is 20.5 Å². The van der Waals surface area contributed by atoms with E-state index in [-0.39, 0.29) is 11.9 Å². The summed E-state index contributed by atoms with van der Waals surface area (Å²) in [5.41, 5.74) is 6.44. The van der Waals surface area contributed by atoms with E-state index in [0.717, 1.165) is 10.1 Å². The summed E-state index contributed by atoms with van der Waals surface area (Å²) in [7, 11) is 3.31. The molecule has 2 rings (SSSR count). The summed E-state index contributed by atoms with van der Waals surface area (Å²) in [5, 5.41) is 6.23. The fourth-order valence-electron chi connectivity index (χ4n) is 1.72. The summed E-state index contributed by atoms with van der Waals surface area (Å²) in [5.74, 6) is -0.243. The molecule has 112 valence electrons. The van der Waals surface area contributed by atoms with Gasteiger partial charge in [0, 0.05) is 45.0 Å². The van der Waals surface area contributed by atoms with E-state index in [4.69, 9.17) is 5.73 Å². The van der Waals surface area contributed by atoms with Crippen LogP contribution < -0.4 is 16.4 Å². The summed E-state index contributed by atoms with van der Waals surface area (Å²) in [6, 6.07) is 1.59. The molecule has 21 heavy (non-hydrogen) atoms. The van der Waals surface area contributed by atoms with Crippen LogP contribution >= 0.6 is 11.3 Å². The Morgan fingerprint density at radius 2 is 2.05 bits per heavy atom. The number of amides is 3. The maximum atomic E-state index is 12.1. The van der Waals surface area contributed by atoms with Crippen molar-refractivity contribution < 1.29 is 9.59 Å². The first-order valence-electron chi connectivity index (χ1n) is 6.36. The van der Waals surface area contributed by atoms with E-state index in [0.29, 0.717) is 23.7 Å². The number of nitrogens with zero attached hydrogens (tertiary/aromatic N) is 2. The first-order valence-corrected chi connectivity index (χ1v) is 7.17. The second kappa shape index (κ2) is 6.40. The summed E-state index contributed by atoms with van der Waals surface area (Å²) in [6.45, 7) is 0.694. The third-order valence-corrected chi connectivity index (χ3v) is 3.99. The second-order valence-electron chi connectivity index (χ2n) is 4.60. The number of nitrogen functional groups attached to an aromatic ring is 1. The Kier molecular flexibility index (Phi) is 4.59. The molecular weight excluding hydrogens is 290 g/mol. The number of thiophene rings is 1. The van der Waals surface area contributed by atoms with E-state index in [2.05, 4.69) is 15.6 Å². The maximum Gasteiger partial charge on any atom is 0.316 e. The highest BCUT2D eigenvalue weighted by Crippen LogP contribution is 2.32. The molecule has 2 aromatic rings. The van der Waals surface area contributed by atoms with Gasteiger partial charge in [0.1, 0.15) is 4.88 Å². The van der Waals surface area contributed by atoms with Gasteiger partial charge in [-0.1, -0.05) is 0 Å². The first-order chi connectivity index (χ1) is 10.0. The summed E-state index contributed by atoms with van der Waals surface area (Å²) < 4.78 is 0.876. The molecule has 0 unspecified atom stereocenters. The predicted molar refractivity (Wildman–Crippen MR) is 83.5 cm³/mol. The molecule has 0 bridgehead atoms. The molecule has 0 saturated heterocycles. The van der Waals surface area contributed by atoms with E-state index in [9.17, 15) is 9.59 Å². The van der Waals surface area contributed by atoms with Crippen LogP contribution in [0.1, 0.15) is 9.67 Å². The van der Waals surface area contributed by atoms with Crippen LogP contribution in [0.25, 0.3) is 10.1 Å². The smallest absolute Gasteiger partial charge is 0.316 e. The van der Waals surface area contributed by atoms with E-state index in [1.54, 1.807) is 32.6 Å². The minimum Gasteiger partial charge on any atom is -0.397 e. The van der Waals surface area contributed by atoms with Crippen molar-refractivity contribution in [3.05, 3.63) is 23.3 Å². The normalized spacial score (nSPS) is 10.4. The summed E-state index contributed by atoms with van der Waals surface area (Å²) in [4.78, 5) is 29.3. The second-order valence-corrected chi connectivity index (χ2v) is 5.65. The van der Waals surface area contributed by atoms with Gasteiger partial charge >= 0.3 is 6.03 Å². The number of nitrogens with one attached hydrogen (secondary N) is 2. The van der Waals surface area contributed by atoms with E-state index in [1.165, 1.54) is 16.2 Å². The number of pyridine rings is 1. The molecule has 0 radical (unpaired) electrons. The third-order valence-electron chi connectivity index (χ3n) is 2.83. The molecule has 8 heteroatoms. The molecule has 0 saturated carbocycles. The fraction of sp³-hybridized carbons (Fsp3) is 0.308. The zero-order valence-electron chi connectivity index (χ0n) is 11.8. The van der Waals surface area contributed by atoms with Crippen LogP contribution in [0.4, 0.5) is 10.5 Å². The molecule has 7 nitrogen and oxygen atoms in total. The number of rotatable bonds is 4. The van der Waals surface area contributed by atoms with Gasteiger partial charge in [-0.2, -0.15) is 0 Å². The van der Waals surface area contributed by atoms with Crippen molar-refractivity contribution >= 4 is 39.0 Å². The number of carbonyl (C=O) groups is 2. The van der Waals surface area contributed by atoms with Gasteiger partial charge in [0.25, 0.3) is 5.91 Å². The third kappa shape index (κ3) is 3.40. The molecule has 0 aliphatic heterocycles. The van der Waals surface area contributed by atoms with Gasteiger partial charge in [0.15, 0.2) is 0 Å². The average molecular weight is 307 g/mol. The Bertz CT molecular complexity index is 668. The Hall–Kier alpha value is -2.35. The zero-order valence-corrected chi connectivity index (χ0v) is 12.7. The number of anilines is 1. The highest BCUT2D eigenvalue weighted by atomic mass is 32.1. The molecule has 2 aromatic heterocycles. The van der Waals surface area contributed by atoms with Gasteiger partial charge in [0.2, 0.25) is 0 Å². The number of hydrogen-bond donors (Lipinski definition) is 3. The van der Waals surface area contributed by atoms with Crippen molar-refractivity contribution in [1.29, 1.82) is 0 Å². The van der Waals surface area contributed by atoms with Crippen molar-refractivity contribution in [3.63, 3.8) is 0 Å². The van der Waals surface area contributed by atoms with Gasteiger partial charge < -0.3 is 21.3 Å². The van der Waals surface area contributed by atoms with E-state index >= 15 is 0 Å². The van der Waals surface area contributed by atoms with Crippen LogP contribution in [0, 0.1) is 0 Å². The molecular formula is C13H17N5O2S. The topological polar surface area (TPSA) is 100 Å². The number of fused-ring (bicyclic) bond motifs is 1. The number of hydrogen-bond acceptors (Lipinski definition) is 5. The lowest BCUT2D eigenvalue weighted by Crippen LogP contribution is -2.39. The van der Waals surface area contributed by atoms with Crippen LogP contribution in [0.5, 0.6) is 0 Å². The lowest BCUT2D eigenvalue weighted by atomic mass is 10.2. The first kappa shape index (κ1) is 15.0. The molecule has 4 N–H and O–H groups in total. The minimum atomic E-state index is -0.243. The Labute approximate surface area is 126 Å². The number of nitrogens with two attached hydrogens (primary N) is 1. The van der Waals surface area contributed by atoms with Crippen LogP contribution in [0.15, 0.2) is 18.5 Å². The largest absolute Gasteiger partial charge is 0.397 e. The Morgan fingerprint density at radius 1 is 1.33 bits per heavy atom. The number of urea groups is 1. The monoisotopic (exact) mass is 307 g/mol. The lowest BCUT2D eigenvalue weighted by Gasteiger charge is -2.12. The standard InChI is InChI=1S/C13H17N5O2S/c1-18(2)13(20)17-6-5-16-12(19)11-10(14)8-3-4-15-7-9(8)21-11/h3-4,7H,5-6,14H2,1-2H3,(H,16,19)(H,17,20). The number of carbonyl (C=O) groups excluding carboxylic acids is 2. The van der Waals surface area contributed by atoms with Gasteiger partial charge in [-0.3, -0.25) is 9.78 Å². The lowest BCUT2D eigenvalue weighted by molar-refractivity contribution is 0.0958. The van der Waals surface area contributed by atoms with Crippen molar-refractivity contribution in [2.24, 2.45) is 0 Å². The van der Waals surface area contributed by atoms with Crippen molar-refractivity contribution in [3.8, 4) is 0 Å². The van der Waals surface area contributed by atoms with Crippen LogP contribution in [0.3, 0.4) is 0 Å². The maximum absolute atomic E-state index is 12.1. The van der Waals surface area contributed by atoms with Crippen molar-refractivity contribution in [2.45, 2.75) is 0 Å². The summed E-state index contributed by atoms with van der Waals surface area (Å²) in [6.07, 6.45) is 3.33. The Morgan fingerprint density at radius 3 is 2.71 bits per heavy atom. The fourth-order valence-corrected chi connectivity index (χ4v) is 2.73. The highest BCUT2D eigenvalue weighted by Gasteiger charge is 2.15. The Balaban J connectivity index is 1.94. The van der Waals surface area contributed by atoms with Gasteiger partial charge in [-0.15, -0.1) is 11.3 Å². The zero-order chi connectivity index (χ0) is 15.4. The van der Waals surface area contributed by atoms with Gasteiger partial charge in [-0.25, -0.2) is 4.79 Å². The molecule has 0 aliphatic rings.